The first-order chi connectivity index (χ1) is 13.5. The Morgan fingerprint density at radius 3 is 2.57 bits per heavy atom. The van der Waals surface area contributed by atoms with E-state index in [1.165, 1.54) is 16.7 Å². The molecule has 0 unspecified atom stereocenters. The van der Waals surface area contributed by atoms with Gasteiger partial charge in [-0.3, -0.25) is 14.5 Å². The van der Waals surface area contributed by atoms with Crippen LogP contribution in [0.3, 0.4) is 0 Å². The minimum absolute atomic E-state index is 0.125. The van der Waals surface area contributed by atoms with Crippen LogP contribution in [0.1, 0.15) is 17.5 Å². The summed E-state index contributed by atoms with van der Waals surface area (Å²) in [6.45, 7) is 0.762. The fourth-order valence-corrected chi connectivity index (χ4v) is 4.01. The van der Waals surface area contributed by atoms with Gasteiger partial charge in [-0.25, -0.2) is 0 Å². The molecule has 0 radical (unpaired) electrons. The molecule has 1 aliphatic rings. The first kappa shape index (κ1) is 20.1. The van der Waals surface area contributed by atoms with Crippen LogP contribution >= 0.6 is 24.0 Å². The van der Waals surface area contributed by atoms with E-state index in [2.05, 4.69) is 5.32 Å². The van der Waals surface area contributed by atoms with Gasteiger partial charge in [-0.2, -0.15) is 0 Å². The van der Waals surface area contributed by atoms with Crippen LogP contribution < -0.4 is 5.32 Å². The summed E-state index contributed by atoms with van der Waals surface area (Å²) in [4.78, 5) is 26.7. The van der Waals surface area contributed by atoms with E-state index in [4.69, 9.17) is 12.2 Å². The third-order valence-corrected chi connectivity index (χ3v) is 5.58. The van der Waals surface area contributed by atoms with Gasteiger partial charge in [-0.05, 0) is 35.8 Å². The summed E-state index contributed by atoms with van der Waals surface area (Å²) >= 11 is 6.56. The van der Waals surface area contributed by atoms with E-state index in [-0.39, 0.29) is 30.5 Å². The number of aromatic hydroxyl groups is 1. The highest BCUT2D eigenvalue weighted by Crippen LogP contribution is 2.32. The van der Waals surface area contributed by atoms with Crippen LogP contribution in [-0.2, 0) is 16.0 Å². The Morgan fingerprint density at radius 1 is 1.14 bits per heavy atom. The Hall–Kier alpha value is -2.64. The Labute approximate surface area is 173 Å². The largest absolute Gasteiger partial charge is 0.508 e. The van der Waals surface area contributed by atoms with Crippen LogP contribution in [0.2, 0.25) is 0 Å². The Balaban J connectivity index is 1.46. The van der Waals surface area contributed by atoms with Crippen molar-refractivity contribution < 1.29 is 14.7 Å². The van der Waals surface area contributed by atoms with Gasteiger partial charge in [0.25, 0.3) is 5.91 Å². The number of thioether (sulfide) groups is 1. The standard InChI is InChI=1S/C21H20N2O3S2/c24-17-8-6-15(7-9-17)10-12-22-19(25)11-13-23-20(26)18(28-21(23)27)14-16-4-2-1-3-5-16/h1-9,14,24H,10-13H2,(H,22,25). The number of nitrogens with one attached hydrogen (secondary N) is 1. The molecule has 0 bridgehead atoms. The topological polar surface area (TPSA) is 69.6 Å². The summed E-state index contributed by atoms with van der Waals surface area (Å²) in [5.74, 6) is -0.0619. The lowest BCUT2D eigenvalue weighted by molar-refractivity contribution is -0.123. The third-order valence-electron chi connectivity index (χ3n) is 4.21. The van der Waals surface area contributed by atoms with Crippen molar-refractivity contribution >= 4 is 46.2 Å². The number of rotatable bonds is 7. The van der Waals surface area contributed by atoms with E-state index in [1.807, 2.05) is 48.5 Å². The molecule has 2 aromatic carbocycles. The van der Waals surface area contributed by atoms with Crippen LogP contribution in [-0.4, -0.2) is 39.2 Å². The van der Waals surface area contributed by atoms with E-state index >= 15 is 0 Å². The normalized spacial score (nSPS) is 15.3. The second kappa shape index (κ2) is 9.52. The number of benzene rings is 2. The van der Waals surface area contributed by atoms with Crippen LogP contribution in [0.25, 0.3) is 6.08 Å². The molecule has 0 atom stereocenters. The number of nitrogens with zero attached hydrogens (tertiary/aromatic N) is 1. The Morgan fingerprint density at radius 2 is 1.86 bits per heavy atom. The molecule has 1 heterocycles. The molecule has 7 heteroatoms. The van der Waals surface area contributed by atoms with Crippen LogP contribution in [0.15, 0.2) is 59.5 Å². The van der Waals surface area contributed by atoms with Crippen LogP contribution in [0.5, 0.6) is 5.75 Å². The molecule has 2 aromatic rings. The zero-order valence-corrected chi connectivity index (χ0v) is 16.8. The minimum Gasteiger partial charge on any atom is -0.508 e. The molecule has 1 aliphatic heterocycles. The van der Waals surface area contributed by atoms with Gasteiger partial charge in [0.2, 0.25) is 5.91 Å². The van der Waals surface area contributed by atoms with E-state index in [0.717, 1.165) is 11.1 Å². The summed E-state index contributed by atoms with van der Waals surface area (Å²) in [6, 6.07) is 16.5. The van der Waals surface area contributed by atoms with Crippen molar-refractivity contribution in [2.45, 2.75) is 12.8 Å². The van der Waals surface area contributed by atoms with E-state index in [0.29, 0.717) is 22.2 Å². The zero-order chi connectivity index (χ0) is 19.9. The molecule has 144 valence electrons. The molecular formula is C21H20N2O3S2. The predicted octanol–water partition coefficient (Wildman–Crippen LogP) is 3.34. The monoisotopic (exact) mass is 412 g/mol. The smallest absolute Gasteiger partial charge is 0.266 e. The third kappa shape index (κ3) is 5.43. The molecule has 3 rings (SSSR count). The van der Waals surface area contributed by atoms with Gasteiger partial charge in [0.15, 0.2) is 0 Å². The predicted molar refractivity (Wildman–Crippen MR) is 116 cm³/mol. The van der Waals surface area contributed by atoms with Gasteiger partial charge in [-0.1, -0.05) is 66.4 Å². The van der Waals surface area contributed by atoms with Crippen molar-refractivity contribution in [1.29, 1.82) is 0 Å². The molecule has 28 heavy (non-hydrogen) atoms. The summed E-state index contributed by atoms with van der Waals surface area (Å²) in [5.41, 5.74) is 1.97. The quantitative estimate of drug-likeness (QED) is 0.539. The molecule has 0 aromatic heterocycles. The molecule has 2 amide bonds. The summed E-state index contributed by atoms with van der Waals surface area (Å²) in [7, 11) is 0. The lowest BCUT2D eigenvalue weighted by Crippen LogP contribution is -2.34. The van der Waals surface area contributed by atoms with Crippen molar-refractivity contribution in [2.24, 2.45) is 0 Å². The van der Waals surface area contributed by atoms with Crippen molar-refractivity contribution in [3.8, 4) is 5.75 Å². The summed E-state index contributed by atoms with van der Waals surface area (Å²) in [5, 5.41) is 12.1. The van der Waals surface area contributed by atoms with Gasteiger partial charge >= 0.3 is 0 Å². The molecule has 1 fully saturated rings. The van der Waals surface area contributed by atoms with Gasteiger partial charge < -0.3 is 10.4 Å². The molecule has 1 saturated heterocycles. The Bertz CT molecular complexity index is 896. The zero-order valence-electron chi connectivity index (χ0n) is 15.1. The van der Waals surface area contributed by atoms with Crippen molar-refractivity contribution in [3.05, 3.63) is 70.6 Å². The molecule has 5 nitrogen and oxygen atoms in total. The second-order valence-corrected chi connectivity index (χ2v) is 7.94. The van der Waals surface area contributed by atoms with Crippen LogP contribution in [0, 0.1) is 0 Å². The highest BCUT2D eigenvalue weighted by molar-refractivity contribution is 8.26. The van der Waals surface area contributed by atoms with Crippen molar-refractivity contribution in [2.75, 3.05) is 13.1 Å². The highest BCUT2D eigenvalue weighted by Gasteiger charge is 2.31. The summed E-state index contributed by atoms with van der Waals surface area (Å²) in [6.07, 6.45) is 2.69. The van der Waals surface area contributed by atoms with Crippen molar-refractivity contribution in [3.63, 3.8) is 0 Å². The maximum atomic E-state index is 12.6. The number of carbonyl (C=O) groups is 2. The average Bonchev–Trinajstić information content (AvgIpc) is 2.95. The molecule has 0 aliphatic carbocycles. The number of phenols is 1. The van der Waals surface area contributed by atoms with E-state index < -0.39 is 0 Å². The van der Waals surface area contributed by atoms with E-state index in [1.54, 1.807) is 12.1 Å². The van der Waals surface area contributed by atoms with Crippen LogP contribution in [0.4, 0.5) is 0 Å². The SMILES string of the molecule is O=C(CCN1C(=O)C(=Cc2ccccc2)SC1=S)NCCc1ccc(O)cc1. The average molecular weight is 413 g/mol. The highest BCUT2D eigenvalue weighted by atomic mass is 32.2. The number of amides is 2. The molecule has 0 saturated carbocycles. The van der Waals surface area contributed by atoms with Gasteiger partial charge in [-0.15, -0.1) is 0 Å². The number of thiocarbonyl (C=S) groups is 1. The lowest BCUT2D eigenvalue weighted by atomic mass is 10.1. The minimum atomic E-state index is -0.157. The van der Waals surface area contributed by atoms with Gasteiger partial charge in [0.05, 0.1) is 4.91 Å². The van der Waals surface area contributed by atoms with Gasteiger partial charge in [0, 0.05) is 19.5 Å². The first-order valence-electron chi connectivity index (χ1n) is 8.88. The molecule has 2 N–H and O–H groups in total. The summed E-state index contributed by atoms with van der Waals surface area (Å²) < 4.78 is 0.476. The second-order valence-electron chi connectivity index (χ2n) is 6.26. The number of hydrogen-bond acceptors (Lipinski definition) is 5. The first-order valence-corrected chi connectivity index (χ1v) is 10.1. The van der Waals surface area contributed by atoms with E-state index in [9.17, 15) is 14.7 Å². The van der Waals surface area contributed by atoms with Gasteiger partial charge in [0.1, 0.15) is 10.1 Å². The van der Waals surface area contributed by atoms with Crippen molar-refractivity contribution in [1.82, 2.24) is 10.2 Å². The maximum Gasteiger partial charge on any atom is 0.266 e. The fourth-order valence-electron chi connectivity index (χ4n) is 2.70. The number of phenolic OH excluding ortho intramolecular Hbond substituents is 1. The molecular weight excluding hydrogens is 392 g/mol. The number of carbonyl (C=O) groups excluding carboxylic acids is 2. The lowest BCUT2D eigenvalue weighted by Gasteiger charge is -2.14. The number of hydrogen-bond donors (Lipinski definition) is 2. The molecule has 0 spiro atoms. The Kier molecular flexibility index (Phi) is 6.84. The fraction of sp³-hybridized carbons (Fsp3) is 0.190. The maximum absolute atomic E-state index is 12.6.